The van der Waals surface area contributed by atoms with Gasteiger partial charge in [0.2, 0.25) is 0 Å². The number of carbonyl (C=O) groups is 1. The molecule has 0 unspecified atom stereocenters. The molecule has 1 saturated heterocycles. The minimum absolute atomic E-state index is 0.345. The minimum Gasteiger partial charge on any atom is -0.444 e. The Morgan fingerprint density at radius 2 is 2.12 bits per heavy atom. The van der Waals surface area contributed by atoms with Gasteiger partial charge >= 0.3 is 6.09 Å². The molecule has 2 fully saturated rings. The molecule has 0 aromatic carbocycles. The second-order valence-corrected chi connectivity index (χ2v) is 8.02. The molecule has 1 saturated carbocycles. The standard InChI is InChI=1S/C18H29N5O2/c1-18(2,3)25-17(24)19-10-13-5-4-8-23(11-13)16-9-15(20-12-21-16)22-14-6-7-14/h9,12-14H,4-8,10-11H2,1-3H3,(H,19,24)(H,20,21,22)/t13-/m1/s1. The fourth-order valence-corrected chi connectivity index (χ4v) is 3.02. The van der Waals surface area contributed by atoms with Crippen LogP contribution in [0.1, 0.15) is 46.5 Å². The number of nitrogens with one attached hydrogen (secondary N) is 2. The van der Waals surface area contributed by atoms with Crippen LogP contribution in [-0.4, -0.2) is 47.3 Å². The quantitative estimate of drug-likeness (QED) is 0.853. The number of ether oxygens (including phenoxy) is 1. The number of carbonyl (C=O) groups excluding carboxylic acids is 1. The van der Waals surface area contributed by atoms with E-state index in [4.69, 9.17) is 4.74 Å². The lowest BCUT2D eigenvalue weighted by atomic mass is 9.98. The molecule has 7 heteroatoms. The van der Waals surface area contributed by atoms with Gasteiger partial charge in [0.25, 0.3) is 0 Å². The first-order chi connectivity index (χ1) is 11.9. The SMILES string of the molecule is CC(C)(C)OC(=O)NC[C@H]1CCCN(c2cc(NC3CC3)ncn2)C1. The molecule has 2 N–H and O–H groups in total. The van der Waals surface area contributed by atoms with Gasteiger partial charge < -0.3 is 20.3 Å². The summed E-state index contributed by atoms with van der Waals surface area (Å²) in [5.74, 6) is 2.26. The third kappa shape index (κ3) is 5.76. The number of aromatic nitrogens is 2. The molecule has 0 radical (unpaired) electrons. The fourth-order valence-electron chi connectivity index (χ4n) is 3.02. The van der Waals surface area contributed by atoms with Gasteiger partial charge in [-0.1, -0.05) is 0 Å². The van der Waals surface area contributed by atoms with Crippen molar-refractivity contribution in [2.24, 2.45) is 5.92 Å². The van der Waals surface area contributed by atoms with E-state index < -0.39 is 5.60 Å². The lowest BCUT2D eigenvalue weighted by Gasteiger charge is -2.33. The molecule has 2 heterocycles. The molecular formula is C18H29N5O2. The summed E-state index contributed by atoms with van der Waals surface area (Å²) >= 11 is 0. The Labute approximate surface area is 149 Å². The molecule has 1 aliphatic heterocycles. The Bertz CT molecular complexity index is 597. The van der Waals surface area contributed by atoms with Gasteiger partial charge in [0.05, 0.1) is 0 Å². The molecule has 1 aliphatic carbocycles. The van der Waals surface area contributed by atoms with E-state index in [1.54, 1.807) is 6.33 Å². The van der Waals surface area contributed by atoms with Crippen LogP contribution in [0.25, 0.3) is 0 Å². The molecule has 0 bridgehead atoms. The zero-order chi connectivity index (χ0) is 17.9. The van der Waals surface area contributed by atoms with Gasteiger partial charge in [-0.05, 0) is 52.4 Å². The number of anilines is 2. The maximum atomic E-state index is 11.8. The van der Waals surface area contributed by atoms with Crippen LogP contribution in [-0.2, 0) is 4.74 Å². The molecule has 3 rings (SSSR count). The smallest absolute Gasteiger partial charge is 0.407 e. The van der Waals surface area contributed by atoms with Gasteiger partial charge in [-0.3, -0.25) is 0 Å². The summed E-state index contributed by atoms with van der Waals surface area (Å²) in [5, 5.41) is 6.31. The molecule has 1 atom stereocenters. The van der Waals surface area contributed by atoms with Crippen LogP contribution in [0.15, 0.2) is 12.4 Å². The molecule has 138 valence electrons. The summed E-state index contributed by atoms with van der Waals surface area (Å²) in [6.07, 6.45) is 5.93. The maximum absolute atomic E-state index is 11.8. The first-order valence-electron chi connectivity index (χ1n) is 9.19. The van der Waals surface area contributed by atoms with Gasteiger partial charge in [-0.15, -0.1) is 0 Å². The highest BCUT2D eigenvalue weighted by Gasteiger charge is 2.24. The highest BCUT2D eigenvalue weighted by Crippen LogP contribution is 2.26. The van der Waals surface area contributed by atoms with E-state index in [1.165, 1.54) is 12.8 Å². The van der Waals surface area contributed by atoms with E-state index in [9.17, 15) is 4.79 Å². The van der Waals surface area contributed by atoms with E-state index in [2.05, 4.69) is 25.5 Å². The third-order valence-electron chi connectivity index (χ3n) is 4.36. The number of nitrogens with zero attached hydrogens (tertiary/aromatic N) is 3. The predicted octanol–water partition coefficient (Wildman–Crippen LogP) is 2.79. The molecule has 1 amide bonds. The van der Waals surface area contributed by atoms with E-state index in [1.807, 2.05) is 26.8 Å². The second-order valence-electron chi connectivity index (χ2n) is 8.02. The van der Waals surface area contributed by atoms with Gasteiger partial charge in [-0.2, -0.15) is 0 Å². The van der Waals surface area contributed by atoms with Gasteiger partial charge in [0.1, 0.15) is 23.6 Å². The third-order valence-corrected chi connectivity index (χ3v) is 4.36. The van der Waals surface area contributed by atoms with Crippen LogP contribution < -0.4 is 15.5 Å². The summed E-state index contributed by atoms with van der Waals surface area (Å²) in [5.41, 5.74) is -0.464. The van der Waals surface area contributed by atoms with Gasteiger partial charge in [-0.25, -0.2) is 14.8 Å². The van der Waals surface area contributed by atoms with Crippen LogP contribution in [0.4, 0.5) is 16.4 Å². The molecule has 1 aromatic heterocycles. The van der Waals surface area contributed by atoms with Crippen molar-refractivity contribution in [1.82, 2.24) is 15.3 Å². The topological polar surface area (TPSA) is 79.4 Å². The highest BCUT2D eigenvalue weighted by molar-refractivity contribution is 5.67. The molecule has 7 nitrogen and oxygen atoms in total. The van der Waals surface area contributed by atoms with Crippen molar-refractivity contribution in [1.29, 1.82) is 0 Å². The average molecular weight is 347 g/mol. The highest BCUT2D eigenvalue weighted by atomic mass is 16.6. The fraction of sp³-hybridized carbons (Fsp3) is 0.722. The van der Waals surface area contributed by atoms with Crippen molar-refractivity contribution in [2.45, 2.75) is 58.1 Å². The average Bonchev–Trinajstić information content (AvgIpc) is 3.36. The Kier molecular flexibility index (Phi) is 5.30. The molecule has 1 aromatic rings. The summed E-state index contributed by atoms with van der Waals surface area (Å²) in [6, 6.07) is 2.61. The predicted molar refractivity (Wildman–Crippen MR) is 97.9 cm³/mol. The van der Waals surface area contributed by atoms with Crippen LogP contribution in [0.3, 0.4) is 0 Å². The molecule has 2 aliphatic rings. The van der Waals surface area contributed by atoms with Crippen molar-refractivity contribution in [3.63, 3.8) is 0 Å². The largest absolute Gasteiger partial charge is 0.444 e. The number of hydrogen-bond donors (Lipinski definition) is 2. The van der Waals surface area contributed by atoms with Crippen molar-refractivity contribution in [3.05, 3.63) is 12.4 Å². The number of alkyl carbamates (subject to hydrolysis) is 1. The lowest BCUT2D eigenvalue weighted by molar-refractivity contribution is 0.0517. The number of rotatable bonds is 5. The minimum atomic E-state index is -0.464. The Morgan fingerprint density at radius 1 is 1.32 bits per heavy atom. The first-order valence-corrected chi connectivity index (χ1v) is 9.19. The van der Waals surface area contributed by atoms with E-state index in [0.717, 1.165) is 37.6 Å². The summed E-state index contributed by atoms with van der Waals surface area (Å²) < 4.78 is 5.31. The Hall–Kier alpha value is -2.05. The first kappa shape index (κ1) is 17.8. The van der Waals surface area contributed by atoms with E-state index >= 15 is 0 Å². The van der Waals surface area contributed by atoms with Crippen LogP contribution in [0.5, 0.6) is 0 Å². The van der Waals surface area contributed by atoms with Crippen LogP contribution in [0.2, 0.25) is 0 Å². The number of amides is 1. The molecule has 0 spiro atoms. The summed E-state index contributed by atoms with van der Waals surface area (Å²) in [7, 11) is 0. The normalized spacial score (nSPS) is 20.9. The summed E-state index contributed by atoms with van der Waals surface area (Å²) in [6.45, 7) is 8.12. The summed E-state index contributed by atoms with van der Waals surface area (Å²) in [4.78, 5) is 22.8. The van der Waals surface area contributed by atoms with Crippen molar-refractivity contribution in [2.75, 3.05) is 29.9 Å². The Balaban J connectivity index is 1.51. The van der Waals surface area contributed by atoms with E-state index in [-0.39, 0.29) is 6.09 Å². The second kappa shape index (κ2) is 7.45. The zero-order valence-corrected chi connectivity index (χ0v) is 15.4. The van der Waals surface area contributed by atoms with Gasteiger partial charge in [0, 0.05) is 31.7 Å². The Morgan fingerprint density at radius 3 is 2.84 bits per heavy atom. The number of hydrogen-bond acceptors (Lipinski definition) is 6. The monoisotopic (exact) mass is 347 g/mol. The maximum Gasteiger partial charge on any atom is 0.407 e. The van der Waals surface area contributed by atoms with Crippen molar-refractivity contribution >= 4 is 17.7 Å². The van der Waals surface area contributed by atoms with Crippen molar-refractivity contribution in [3.8, 4) is 0 Å². The van der Waals surface area contributed by atoms with Crippen LogP contribution in [0, 0.1) is 5.92 Å². The lowest BCUT2D eigenvalue weighted by Crippen LogP contribution is -2.42. The van der Waals surface area contributed by atoms with E-state index in [0.29, 0.717) is 18.5 Å². The van der Waals surface area contributed by atoms with Gasteiger partial charge in [0.15, 0.2) is 0 Å². The van der Waals surface area contributed by atoms with Crippen molar-refractivity contribution < 1.29 is 9.53 Å². The molecular weight excluding hydrogens is 318 g/mol. The van der Waals surface area contributed by atoms with Crippen LogP contribution >= 0.6 is 0 Å². The zero-order valence-electron chi connectivity index (χ0n) is 15.4. The molecule has 25 heavy (non-hydrogen) atoms. The number of piperidine rings is 1.